The van der Waals surface area contributed by atoms with Gasteiger partial charge in [0, 0.05) is 32.1 Å². The molecule has 2 aliphatic rings. The molecule has 2 fully saturated rings. The van der Waals surface area contributed by atoms with E-state index in [-0.39, 0.29) is 23.8 Å². The molecule has 14 heavy (non-hydrogen) atoms. The Morgan fingerprint density at radius 3 is 2.79 bits per heavy atom. The number of hydrogen-bond donors (Lipinski definition) is 3. The zero-order chi connectivity index (χ0) is 9.97. The molecular weight excluding hydrogens is 182 g/mol. The van der Waals surface area contributed by atoms with Gasteiger partial charge in [0.1, 0.15) is 0 Å². The molecule has 1 atom stereocenters. The fourth-order valence-electron chi connectivity index (χ4n) is 1.67. The summed E-state index contributed by atoms with van der Waals surface area (Å²) in [5, 5.41) is 8.71. The number of nitrogens with one attached hydrogen (secondary N) is 3. The van der Waals surface area contributed by atoms with Crippen molar-refractivity contribution in [2.24, 2.45) is 5.92 Å². The number of amides is 2. The Morgan fingerprint density at radius 2 is 2.29 bits per heavy atom. The van der Waals surface area contributed by atoms with Crippen LogP contribution in [0.5, 0.6) is 0 Å². The first-order valence-electron chi connectivity index (χ1n) is 5.03. The fraction of sp³-hybridized carbons (Fsp3) is 0.778. The van der Waals surface area contributed by atoms with Crippen molar-refractivity contribution in [2.45, 2.75) is 18.9 Å². The number of carbonyl (C=O) groups excluding carboxylic acids is 2. The van der Waals surface area contributed by atoms with Gasteiger partial charge in [0.25, 0.3) is 0 Å². The molecule has 0 aromatic rings. The van der Waals surface area contributed by atoms with Crippen LogP contribution < -0.4 is 16.0 Å². The van der Waals surface area contributed by atoms with Gasteiger partial charge in [0.05, 0.1) is 5.92 Å². The van der Waals surface area contributed by atoms with Crippen molar-refractivity contribution in [3.05, 3.63) is 0 Å². The van der Waals surface area contributed by atoms with Gasteiger partial charge in [-0.25, -0.2) is 0 Å². The van der Waals surface area contributed by atoms with E-state index < -0.39 is 0 Å². The number of hydrogen-bond acceptors (Lipinski definition) is 3. The standard InChI is InChI=1S/C9H15N3O2/c13-8-2-1-7(12-8)5-11-9(14)6-3-10-4-6/h6-7,10H,1-5H2,(H,11,14)(H,12,13). The van der Waals surface area contributed by atoms with Gasteiger partial charge >= 0.3 is 0 Å². The molecule has 3 N–H and O–H groups in total. The summed E-state index contributed by atoms with van der Waals surface area (Å²) in [7, 11) is 0. The van der Waals surface area contributed by atoms with E-state index in [9.17, 15) is 9.59 Å². The third-order valence-electron chi connectivity index (χ3n) is 2.76. The second kappa shape index (κ2) is 3.96. The highest BCUT2D eigenvalue weighted by atomic mass is 16.2. The Labute approximate surface area is 82.6 Å². The van der Waals surface area contributed by atoms with Crippen molar-refractivity contribution in [1.29, 1.82) is 0 Å². The Balaban J connectivity index is 1.66. The molecule has 2 rings (SSSR count). The zero-order valence-corrected chi connectivity index (χ0v) is 8.01. The normalized spacial score (nSPS) is 26.9. The van der Waals surface area contributed by atoms with Gasteiger partial charge in [-0.15, -0.1) is 0 Å². The van der Waals surface area contributed by atoms with E-state index in [0.29, 0.717) is 13.0 Å². The van der Waals surface area contributed by atoms with Crippen LogP contribution in [0.3, 0.4) is 0 Å². The number of rotatable bonds is 3. The lowest BCUT2D eigenvalue weighted by Crippen LogP contribution is -2.52. The van der Waals surface area contributed by atoms with Crippen LogP contribution in [-0.2, 0) is 9.59 Å². The van der Waals surface area contributed by atoms with Crippen molar-refractivity contribution in [3.63, 3.8) is 0 Å². The average Bonchev–Trinajstić information content (AvgIpc) is 2.45. The summed E-state index contributed by atoms with van der Waals surface area (Å²) in [4.78, 5) is 22.3. The summed E-state index contributed by atoms with van der Waals surface area (Å²) in [6, 6.07) is 0.138. The lowest BCUT2D eigenvalue weighted by Gasteiger charge is -2.26. The molecule has 0 aromatic carbocycles. The maximum atomic E-state index is 11.4. The average molecular weight is 197 g/mol. The van der Waals surface area contributed by atoms with Crippen LogP contribution in [0.4, 0.5) is 0 Å². The predicted octanol–water partition coefficient (Wildman–Crippen LogP) is -1.40. The molecule has 2 heterocycles. The minimum absolute atomic E-state index is 0.0922. The van der Waals surface area contributed by atoms with Gasteiger partial charge in [-0.3, -0.25) is 9.59 Å². The second-order valence-electron chi connectivity index (χ2n) is 3.90. The molecular formula is C9H15N3O2. The van der Waals surface area contributed by atoms with E-state index in [2.05, 4.69) is 16.0 Å². The molecule has 0 radical (unpaired) electrons. The Hall–Kier alpha value is -1.10. The minimum atomic E-state index is 0.0922. The molecule has 0 spiro atoms. The summed E-state index contributed by atoms with van der Waals surface area (Å²) >= 11 is 0. The summed E-state index contributed by atoms with van der Waals surface area (Å²) in [6.45, 7) is 2.13. The minimum Gasteiger partial charge on any atom is -0.354 e. The third-order valence-corrected chi connectivity index (χ3v) is 2.76. The molecule has 0 aromatic heterocycles. The highest BCUT2D eigenvalue weighted by molar-refractivity contribution is 5.81. The van der Waals surface area contributed by atoms with Crippen LogP contribution in [0.25, 0.3) is 0 Å². The van der Waals surface area contributed by atoms with E-state index in [0.717, 1.165) is 19.5 Å². The summed E-state index contributed by atoms with van der Waals surface area (Å²) < 4.78 is 0. The Kier molecular flexibility index (Phi) is 2.67. The van der Waals surface area contributed by atoms with Gasteiger partial charge in [-0.05, 0) is 6.42 Å². The van der Waals surface area contributed by atoms with Crippen molar-refractivity contribution < 1.29 is 9.59 Å². The van der Waals surface area contributed by atoms with Gasteiger partial charge in [0.2, 0.25) is 11.8 Å². The highest BCUT2D eigenvalue weighted by Crippen LogP contribution is 2.06. The van der Waals surface area contributed by atoms with Gasteiger partial charge in [-0.1, -0.05) is 0 Å². The van der Waals surface area contributed by atoms with Crippen LogP contribution >= 0.6 is 0 Å². The van der Waals surface area contributed by atoms with E-state index in [4.69, 9.17) is 0 Å². The molecule has 2 saturated heterocycles. The molecule has 0 bridgehead atoms. The number of carbonyl (C=O) groups is 2. The quantitative estimate of drug-likeness (QED) is 0.521. The molecule has 1 unspecified atom stereocenters. The van der Waals surface area contributed by atoms with Crippen LogP contribution in [0.2, 0.25) is 0 Å². The molecule has 2 amide bonds. The summed E-state index contributed by atoms with van der Waals surface area (Å²) in [5.41, 5.74) is 0. The third kappa shape index (κ3) is 2.04. The lowest BCUT2D eigenvalue weighted by molar-refractivity contribution is -0.126. The molecule has 5 heteroatoms. The molecule has 78 valence electrons. The SMILES string of the molecule is O=C1CCC(CNC(=O)C2CNC2)N1. The van der Waals surface area contributed by atoms with E-state index in [1.807, 2.05) is 0 Å². The molecule has 5 nitrogen and oxygen atoms in total. The second-order valence-corrected chi connectivity index (χ2v) is 3.90. The van der Waals surface area contributed by atoms with Crippen molar-refractivity contribution in [2.75, 3.05) is 19.6 Å². The maximum absolute atomic E-state index is 11.4. The van der Waals surface area contributed by atoms with Crippen LogP contribution in [0.15, 0.2) is 0 Å². The van der Waals surface area contributed by atoms with Crippen LogP contribution in [0.1, 0.15) is 12.8 Å². The molecule has 0 saturated carbocycles. The van der Waals surface area contributed by atoms with Crippen LogP contribution in [0, 0.1) is 5.92 Å². The predicted molar refractivity (Wildman–Crippen MR) is 50.5 cm³/mol. The first kappa shape index (κ1) is 9.45. The lowest BCUT2D eigenvalue weighted by atomic mass is 10.0. The zero-order valence-electron chi connectivity index (χ0n) is 8.01. The molecule has 2 aliphatic heterocycles. The Bertz CT molecular complexity index is 250. The Morgan fingerprint density at radius 1 is 1.50 bits per heavy atom. The van der Waals surface area contributed by atoms with E-state index >= 15 is 0 Å². The van der Waals surface area contributed by atoms with Crippen molar-refractivity contribution in [3.8, 4) is 0 Å². The van der Waals surface area contributed by atoms with E-state index in [1.165, 1.54) is 0 Å². The summed E-state index contributed by atoms with van der Waals surface area (Å²) in [5.74, 6) is 0.326. The van der Waals surface area contributed by atoms with Crippen molar-refractivity contribution >= 4 is 11.8 Å². The monoisotopic (exact) mass is 197 g/mol. The largest absolute Gasteiger partial charge is 0.354 e. The van der Waals surface area contributed by atoms with Crippen LogP contribution in [-0.4, -0.2) is 37.5 Å². The van der Waals surface area contributed by atoms with Crippen molar-refractivity contribution in [1.82, 2.24) is 16.0 Å². The van der Waals surface area contributed by atoms with Gasteiger partial charge in [0.15, 0.2) is 0 Å². The van der Waals surface area contributed by atoms with Gasteiger partial charge in [-0.2, -0.15) is 0 Å². The fourth-order valence-corrected chi connectivity index (χ4v) is 1.67. The summed E-state index contributed by atoms with van der Waals surface area (Å²) in [6.07, 6.45) is 1.42. The highest BCUT2D eigenvalue weighted by Gasteiger charge is 2.26. The first-order chi connectivity index (χ1) is 6.75. The molecule has 0 aliphatic carbocycles. The smallest absolute Gasteiger partial charge is 0.225 e. The topological polar surface area (TPSA) is 70.2 Å². The maximum Gasteiger partial charge on any atom is 0.225 e. The van der Waals surface area contributed by atoms with E-state index in [1.54, 1.807) is 0 Å². The first-order valence-corrected chi connectivity index (χ1v) is 5.03. The van der Waals surface area contributed by atoms with Gasteiger partial charge < -0.3 is 16.0 Å².